The number of halogens is 1. The van der Waals surface area contributed by atoms with E-state index in [1.165, 1.54) is 28.3 Å². The Morgan fingerprint density at radius 1 is 1.17 bits per heavy atom. The fourth-order valence-electron chi connectivity index (χ4n) is 3.19. The molecule has 0 aliphatic heterocycles. The van der Waals surface area contributed by atoms with Crippen molar-refractivity contribution in [1.82, 2.24) is 14.1 Å². The van der Waals surface area contributed by atoms with Gasteiger partial charge in [0.05, 0.1) is 23.8 Å². The van der Waals surface area contributed by atoms with E-state index in [1.54, 1.807) is 40.4 Å². The molecule has 2 heterocycles. The topological polar surface area (TPSA) is 69.2 Å². The highest BCUT2D eigenvalue weighted by Gasteiger charge is 2.09. The minimum absolute atomic E-state index is 0.0660. The van der Waals surface area contributed by atoms with Gasteiger partial charge < -0.3 is 4.57 Å². The van der Waals surface area contributed by atoms with E-state index in [4.69, 9.17) is 0 Å². The lowest BCUT2D eigenvalue weighted by atomic mass is 10.1. The highest BCUT2D eigenvalue weighted by Crippen LogP contribution is 2.11. The Balaban J connectivity index is 1.51. The number of nitrogens with zero attached hydrogens (tertiary/aromatic N) is 4. The van der Waals surface area contributed by atoms with Gasteiger partial charge in [-0.05, 0) is 24.6 Å². The summed E-state index contributed by atoms with van der Waals surface area (Å²) in [6.45, 7) is 2.38. The Labute approximate surface area is 175 Å². The van der Waals surface area contributed by atoms with Gasteiger partial charge in [0.25, 0.3) is 5.56 Å². The largest absolute Gasteiger partial charge is 0.319 e. The summed E-state index contributed by atoms with van der Waals surface area (Å²) in [5, 5.41) is 2.33. The number of amides is 1. The molecule has 8 heteroatoms. The van der Waals surface area contributed by atoms with Crippen LogP contribution in [0.1, 0.15) is 17.5 Å². The minimum Gasteiger partial charge on any atom is -0.319 e. The molecule has 0 spiro atoms. The lowest BCUT2D eigenvalue weighted by molar-refractivity contribution is -0.118. The third-order valence-electron chi connectivity index (χ3n) is 4.80. The number of aromatic nitrogens is 3. The lowest BCUT2D eigenvalue weighted by Gasteiger charge is -2.06. The Morgan fingerprint density at radius 3 is 2.83 bits per heavy atom. The van der Waals surface area contributed by atoms with Crippen molar-refractivity contribution >= 4 is 28.1 Å². The second kappa shape index (κ2) is 8.54. The molecule has 0 saturated carbocycles. The molecule has 0 aliphatic carbocycles. The number of hydrogen-bond acceptors (Lipinski definition) is 4. The van der Waals surface area contributed by atoms with Gasteiger partial charge in [-0.15, -0.1) is 11.3 Å². The van der Waals surface area contributed by atoms with Crippen molar-refractivity contribution in [3.05, 3.63) is 92.5 Å². The van der Waals surface area contributed by atoms with Gasteiger partial charge in [0.15, 0.2) is 4.80 Å². The molecule has 152 valence electrons. The predicted octanol–water partition coefficient (Wildman–Crippen LogP) is 3.27. The van der Waals surface area contributed by atoms with Crippen LogP contribution in [0.4, 0.5) is 4.39 Å². The Hall–Kier alpha value is -3.39. The Morgan fingerprint density at radius 2 is 2.00 bits per heavy atom. The van der Waals surface area contributed by atoms with Crippen molar-refractivity contribution in [2.45, 2.75) is 26.4 Å². The van der Waals surface area contributed by atoms with Crippen LogP contribution >= 0.6 is 11.3 Å². The van der Waals surface area contributed by atoms with Crippen molar-refractivity contribution in [3.8, 4) is 0 Å². The van der Waals surface area contributed by atoms with Gasteiger partial charge in [-0.1, -0.05) is 30.3 Å². The molecule has 0 fully saturated rings. The third kappa shape index (κ3) is 4.13. The van der Waals surface area contributed by atoms with Gasteiger partial charge in [-0.2, -0.15) is 4.99 Å². The summed E-state index contributed by atoms with van der Waals surface area (Å²) in [5.74, 6) is -0.650. The van der Waals surface area contributed by atoms with Crippen LogP contribution in [0.2, 0.25) is 0 Å². The molecule has 1 amide bonds. The molecule has 4 aromatic rings. The molecule has 0 aliphatic rings. The summed E-state index contributed by atoms with van der Waals surface area (Å²) in [4.78, 5) is 34.0. The predicted molar refractivity (Wildman–Crippen MR) is 114 cm³/mol. The van der Waals surface area contributed by atoms with Crippen LogP contribution in [0.3, 0.4) is 0 Å². The standard InChI is InChI=1S/C22H19FN4O2S/c1-15-5-4-7-17-20(15)24-14-27(21(17)29)10-9-19(28)25-22-26(11-12-30-22)13-16-6-2-3-8-18(16)23/h2-8,11-12,14H,9-10,13H2,1H3. The lowest BCUT2D eigenvalue weighted by Crippen LogP contribution is -2.23. The molecule has 2 aromatic heterocycles. The van der Waals surface area contributed by atoms with E-state index >= 15 is 0 Å². The maximum Gasteiger partial charge on any atom is 0.261 e. The molecule has 30 heavy (non-hydrogen) atoms. The molecule has 6 nitrogen and oxygen atoms in total. The first-order valence-electron chi connectivity index (χ1n) is 9.42. The average Bonchev–Trinajstić information content (AvgIpc) is 3.16. The fourth-order valence-corrected chi connectivity index (χ4v) is 3.94. The van der Waals surface area contributed by atoms with E-state index in [0.29, 0.717) is 21.3 Å². The number of para-hydroxylation sites is 1. The number of rotatable bonds is 5. The van der Waals surface area contributed by atoms with Crippen LogP contribution < -0.4 is 10.4 Å². The molecule has 0 unspecified atom stereocenters. The van der Waals surface area contributed by atoms with Crippen LogP contribution in [0, 0.1) is 12.7 Å². The van der Waals surface area contributed by atoms with Gasteiger partial charge in [-0.3, -0.25) is 14.2 Å². The zero-order chi connectivity index (χ0) is 21.1. The number of thiazole rings is 1. The number of fused-ring (bicyclic) bond motifs is 1. The quantitative estimate of drug-likeness (QED) is 0.496. The van der Waals surface area contributed by atoms with E-state index in [0.717, 1.165) is 5.56 Å². The summed E-state index contributed by atoms with van der Waals surface area (Å²) in [7, 11) is 0. The normalized spacial score (nSPS) is 11.9. The highest BCUT2D eigenvalue weighted by molar-refractivity contribution is 7.07. The first-order chi connectivity index (χ1) is 14.5. The number of benzene rings is 2. The van der Waals surface area contributed by atoms with Crippen LogP contribution in [-0.2, 0) is 17.9 Å². The monoisotopic (exact) mass is 422 g/mol. The molecule has 0 bridgehead atoms. The molecule has 0 saturated heterocycles. The third-order valence-corrected chi connectivity index (χ3v) is 5.60. The maximum absolute atomic E-state index is 13.9. The second-order valence-corrected chi connectivity index (χ2v) is 7.75. The van der Waals surface area contributed by atoms with Crippen molar-refractivity contribution in [2.75, 3.05) is 0 Å². The van der Waals surface area contributed by atoms with Crippen LogP contribution in [0.15, 0.2) is 70.2 Å². The van der Waals surface area contributed by atoms with E-state index in [-0.39, 0.29) is 36.8 Å². The molecule has 0 N–H and O–H groups in total. The maximum atomic E-state index is 13.9. The van der Waals surface area contributed by atoms with Crippen molar-refractivity contribution in [1.29, 1.82) is 0 Å². The van der Waals surface area contributed by atoms with Gasteiger partial charge in [0, 0.05) is 30.1 Å². The van der Waals surface area contributed by atoms with Gasteiger partial charge >= 0.3 is 0 Å². The molecule has 4 rings (SSSR count). The smallest absolute Gasteiger partial charge is 0.261 e. The molecular weight excluding hydrogens is 403 g/mol. The van der Waals surface area contributed by atoms with Crippen molar-refractivity contribution < 1.29 is 9.18 Å². The number of aryl methyl sites for hydroxylation is 2. The van der Waals surface area contributed by atoms with Crippen LogP contribution in [0.5, 0.6) is 0 Å². The van der Waals surface area contributed by atoms with E-state index < -0.39 is 0 Å². The van der Waals surface area contributed by atoms with Gasteiger partial charge in [-0.25, -0.2) is 9.37 Å². The van der Waals surface area contributed by atoms with Crippen LogP contribution in [-0.4, -0.2) is 20.0 Å². The fraction of sp³-hybridized carbons (Fsp3) is 0.182. The zero-order valence-electron chi connectivity index (χ0n) is 16.3. The molecule has 0 radical (unpaired) electrons. The first-order valence-corrected chi connectivity index (χ1v) is 10.3. The highest BCUT2D eigenvalue weighted by atomic mass is 32.1. The summed E-state index contributed by atoms with van der Waals surface area (Å²) in [6.07, 6.45) is 3.30. The summed E-state index contributed by atoms with van der Waals surface area (Å²) < 4.78 is 17.1. The molecule has 0 atom stereocenters. The number of carbonyl (C=O) groups is 1. The Bertz CT molecular complexity index is 1350. The van der Waals surface area contributed by atoms with Gasteiger partial charge in [0.1, 0.15) is 5.82 Å². The SMILES string of the molecule is Cc1cccc2c(=O)n(CCC(=O)N=c3sccn3Cc3ccccc3F)cnc12. The van der Waals surface area contributed by atoms with Crippen molar-refractivity contribution in [2.24, 2.45) is 4.99 Å². The summed E-state index contributed by atoms with van der Waals surface area (Å²) in [5.41, 5.74) is 1.94. The number of carbonyl (C=O) groups excluding carboxylic acids is 1. The Kier molecular flexibility index (Phi) is 5.67. The summed E-state index contributed by atoms with van der Waals surface area (Å²) >= 11 is 1.30. The average molecular weight is 422 g/mol. The second-order valence-electron chi connectivity index (χ2n) is 6.87. The van der Waals surface area contributed by atoms with Crippen LogP contribution in [0.25, 0.3) is 10.9 Å². The van der Waals surface area contributed by atoms with Gasteiger partial charge in [0.2, 0.25) is 5.91 Å². The number of hydrogen-bond donors (Lipinski definition) is 0. The molecular formula is C22H19FN4O2S. The zero-order valence-corrected chi connectivity index (χ0v) is 17.1. The minimum atomic E-state index is -0.351. The summed E-state index contributed by atoms with van der Waals surface area (Å²) in [6, 6.07) is 12.0. The molecule has 2 aromatic carbocycles. The van der Waals surface area contributed by atoms with E-state index in [9.17, 15) is 14.0 Å². The first kappa shape index (κ1) is 19.9. The van der Waals surface area contributed by atoms with E-state index in [2.05, 4.69) is 9.98 Å². The van der Waals surface area contributed by atoms with Crippen molar-refractivity contribution in [3.63, 3.8) is 0 Å². The van der Waals surface area contributed by atoms with E-state index in [1.807, 2.05) is 19.1 Å².